The molecule has 0 saturated carbocycles. The van der Waals surface area contributed by atoms with Crippen LogP contribution >= 0.6 is 0 Å². The predicted molar refractivity (Wildman–Crippen MR) is 117 cm³/mol. The monoisotopic (exact) mass is 3030 g/mol. The quantitative estimate of drug-likeness (QED) is 0.257. The third kappa shape index (κ3) is 10.6. The second-order valence-electron chi connectivity index (χ2n) is 11.3. The fraction of sp³-hybridized carbons (Fsp3) is 0.182. The van der Waals surface area contributed by atoms with Crippen LogP contribution in [0.3, 0.4) is 0 Å². The Labute approximate surface area is 568 Å². The maximum atomic E-state index is 2.87. The molecule has 2 nitrogen and oxygen atoms in total. The number of hydrogen-bond donors (Lipinski definition) is 0. The van der Waals surface area contributed by atoms with Crippen LogP contribution in [0.2, 0.25) is 0 Å². The summed E-state index contributed by atoms with van der Waals surface area (Å²) in [7, 11) is 5.07. The van der Waals surface area contributed by atoms with E-state index in [-0.39, 0.29) is 0 Å². The molecule has 0 aliphatic rings. The molecule has 0 aliphatic carbocycles. The molecule has 0 amide bonds. The van der Waals surface area contributed by atoms with Crippen LogP contribution in [0, 0.1) is 527 Å². The van der Waals surface area contributed by atoms with Crippen LogP contribution in [0.1, 0.15) is 11.1 Å². The molecular weight excluding hydrogens is 3000 g/mol. The first-order valence-electron chi connectivity index (χ1n) is 13.3. The Morgan fingerprint density at radius 2 is 0.444 bits per heavy atom. The van der Waals surface area contributed by atoms with Gasteiger partial charge in [0, 0.05) is 0 Å². The van der Waals surface area contributed by atoms with Crippen molar-refractivity contribution in [3.05, 3.63) is 11.1 Å². The molecule has 36 heavy (non-hydrogen) atoms. The molecule has 3 aromatic rings. The van der Waals surface area contributed by atoms with E-state index in [9.17, 15) is 0 Å². The van der Waals surface area contributed by atoms with Crippen molar-refractivity contribution in [2.45, 2.75) is 13.8 Å². The van der Waals surface area contributed by atoms with Gasteiger partial charge in [-0.05, 0) is 0 Å². The van der Waals surface area contributed by atoms with Gasteiger partial charge in [0.1, 0.15) is 0 Å². The van der Waals surface area contributed by atoms with Gasteiger partial charge in [0.25, 0.3) is 0 Å². The van der Waals surface area contributed by atoms with Crippen LogP contribution in [0.25, 0.3) is 0 Å². The van der Waals surface area contributed by atoms with E-state index < -0.39 is 0 Å². The molecule has 3 aromatic carbocycles. The third-order valence-electron chi connectivity index (χ3n) is 9.81. The van der Waals surface area contributed by atoms with E-state index in [0.717, 1.165) is 0 Å². The molecule has 0 saturated heterocycles. The number of hydrogen-bond acceptors (Lipinski definition) is 2. The van der Waals surface area contributed by atoms with Crippen molar-refractivity contribution < 1.29 is 514 Å². The summed E-state index contributed by atoms with van der Waals surface area (Å²) in [5.74, 6) is 0. The zero-order valence-corrected chi connectivity index (χ0v) is 125. The molecule has 0 bridgehead atoms. The molecule has 0 heterocycles. The molecule has 0 atom stereocenters. The number of benzene rings is 3. The van der Waals surface area contributed by atoms with Crippen molar-refractivity contribution >= 4 is 30.0 Å². The molecule has 0 radical (unpaired) electrons. The Balaban J connectivity index is 2.30. The van der Waals surface area contributed by atoms with Crippen molar-refractivity contribution in [3.8, 4) is 0 Å². The van der Waals surface area contributed by atoms with Crippen molar-refractivity contribution in [1.82, 2.24) is 0 Å². The number of rotatable bonds is 4. The van der Waals surface area contributed by atoms with Crippen LogP contribution in [0.5, 0.6) is 0 Å². The Morgan fingerprint density at radius 3 is 0.611 bits per heavy atom. The number of anilines is 4. The zero-order valence-electron chi connectivity index (χ0n) is 25.9. The first-order chi connectivity index (χ1) is 16.6. The molecule has 0 aliphatic heterocycles. The first kappa shape index (κ1) is 45.3. The van der Waals surface area contributed by atoms with E-state index in [2.05, 4.69) is 37.7 Å². The fourth-order valence-electron chi connectivity index (χ4n) is 6.47. The maximum absolute atomic E-state index is 2.87. The second kappa shape index (κ2) is 21.2. The van der Waals surface area contributed by atoms with E-state index >= 15 is 0 Å². The normalized spacial score (nSPS) is 10.7. The second-order valence-corrected chi connectivity index (χ2v) is 60.6. The summed E-state index contributed by atoms with van der Waals surface area (Å²) in [6.07, 6.45) is 0. The number of nitrogens with zero attached hydrogens (tertiary/aromatic N) is 2. The van der Waals surface area contributed by atoms with Gasteiger partial charge >= 0.3 is 592 Å². The molecule has 14 heteroatoms. The molecule has 3 rings (SSSR count). The van der Waals surface area contributed by atoms with E-state index in [4.69, 9.17) is 0 Å². The summed E-state index contributed by atoms with van der Waals surface area (Å²) in [5.41, 5.74) is 10.9. The van der Waals surface area contributed by atoms with Gasteiger partial charge in [0.15, 0.2) is 0 Å². The van der Waals surface area contributed by atoms with E-state index in [1.165, 1.54) is 0 Å². The van der Waals surface area contributed by atoms with Gasteiger partial charge in [-0.3, -0.25) is 0 Å². The van der Waals surface area contributed by atoms with Gasteiger partial charge < -0.3 is 0 Å². The zero-order chi connectivity index (χ0) is 27.5. The Hall–Kier alpha value is 14.9. The van der Waals surface area contributed by atoms with Crippen molar-refractivity contribution in [3.63, 3.8) is 0 Å². The average molecular weight is 3030 g/mol. The Kier molecular flexibility index (Phi) is 26.7. The van der Waals surface area contributed by atoms with Gasteiger partial charge in [0.2, 0.25) is 0 Å². The minimum atomic E-state index is 0.377. The third-order valence-corrected chi connectivity index (χ3v) is 176. The summed E-state index contributed by atoms with van der Waals surface area (Å²) in [4.78, 5) is 5.74. The fourth-order valence-corrected chi connectivity index (χ4v) is 101. The van der Waals surface area contributed by atoms with Gasteiger partial charge in [-0.25, -0.2) is 0 Å². The van der Waals surface area contributed by atoms with E-state index in [1.807, 2.05) is 30.0 Å². The first-order valence-corrected chi connectivity index (χ1v) is 62.6. The van der Waals surface area contributed by atoms with Crippen LogP contribution in [-0.2, 0) is 0 Å². The molecule has 0 N–H and O–H groups in total. The van der Waals surface area contributed by atoms with Crippen LogP contribution in [0.4, 0.5) is 22.7 Å². The molecule has 0 unspecified atom stereocenters. The van der Waals surface area contributed by atoms with Gasteiger partial charge in [-0.1, -0.05) is 0 Å². The predicted octanol–water partition coefficient (Wildman–Crippen LogP) is -7.28. The van der Waals surface area contributed by atoms with Gasteiger partial charge in [-0.15, -0.1) is 0 Å². The summed E-state index contributed by atoms with van der Waals surface area (Å²) < 4.78 is 23.1. The SMILES string of the molecule is Cc1[c]([RaH])[c]([RaH])c(N(C)c2[c]([RaH])[c]([RaH])c(N(C)c3[c]([RaH])[c]([RaH])c(C)[c]([RaH])[c]3[RaH])[c]([RaH])[c]2[RaH])[c]([RaH])[c]1[RaH]. The van der Waals surface area contributed by atoms with Crippen molar-refractivity contribution in [2.75, 3.05) is 23.9 Å². The Bertz CT molecular complexity index is 1230. The molecule has 0 fully saturated rings. The molecular formula is C22H24N2Ra12. The van der Waals surface area contributed by atoms with Crippen molar-refractivity contribution in [2.24, 2.45) is 0 Å². The summed E-state index contributed by atoms with van der Waals surface area (Å²) >= 11 is 5.18. The van der Waals surface area contributed by atoms with Gasteiger partial charge in [0.05, 0.1) is 0 Å². The average Bonchev–Trinajstić information content (AvgIpc) is 2.83. The molecule has 0 aromatic heterocycles. The topological polar surface area (TPSA) is 6.48 Å². The van der Waals surface area contributed by atoms with Crippen LogP contribution < -0.4 is 17.1 Å². The van der Waals surface area contributed by atoms with E-state index in [1.54, 1.807) is 11.1 Å². The standard InChI is InChI=1S/C22H12N2.12Ra.12H/c1-17-5-9-19(10-6-17)23(3)21-13-15-22(16-14-21)24(4)20-11-7-18(2)8-12-20;;;;;;;;;;;;;;;;;;;;;;;;/h1-4H3;;;;;;;;;;;;;;;;;;;;;;;;. The summed E-state index contributed by atoms with van der Waals surface area (Å²) in [5, 5.41) is 0. The summed E-state index contributed by atoms with van der Waals surface area (Å²) in [6.45, 7) is 5.00. The van der Waals surface area contributed by atoms with E-state index in [0.29, 0.717) is 514 Å². The molecule has 0 spiro atoms. The van der Waals surface area contributed by atoms with Gasteiger partial charge in [-0.2, -0.15) is 0 Å². The van der Waals surface area contributed by atoms with Crippen LogP contribution in [0.15, 0.2) is 0 Å². The minimum absolute atomic E-state index is 0.377. The van der Waals surface area contributed by atoms with Crippen LogP contribution in [-0.4, -0.2) is 14.1 Å². The molecule has 146 valence electrons. The Morgan fingerprint density at radius 1 is 0.306 bits per heavy atom. The summed E-state index contributed by atoms with van der Waals surface area (Å²) in [6, 6.07) is 0. The van der Waals surface area contributed by atoms with Crippen molar-refractivity contribution in [1.29, 1.82) is 0 Å².